The van der Waals surface area contributed by atoms with Gasteiger partial charge in [0.15, 0.2) is 0 Å². The van der Waals surface area contributed by atoms with E-state index >= 15 is 0 Å². The SMILES string of the molecule is N=[N+]=N.O=C(O)[C@@H]1CCCN1. The molecule has 1 fully saturated rings. The van der Waals surface area contributed by atoms with Gasteiger partial charge in [0, 0.05) is 0 Å². The van der Waals surface area contributed by atoms with E-state index < -0.39 is 5.97 Å². The first-order valence-corrected chi connectivity index (χ1v) is 3.21. The van der Waals surface area contributed by atoms with Gasteiger partial charge in [0.25, 0.3) is 0 Å². The molecule has 4 N–H and O–H groups in total. The van der Waals surface area contributed by atoms with Crippen molar-refractivity contribution in [3.05, 3.63) is 0 Å². The van der Waals surface area contributed by atoms with Crippen LogP contribution >= 0.6 is 0 Å². The lowest BCUT2D eigenvalue weighted by Gasteiger charge is -1.99. The molecule has 0 unspecified atom stereocenters. The Kier molecular flexibility index (Phi) is 4.89. The van der Waals surface area contributed by atoms with Crippen LogP contribution in [0.15, 0.2) is 0 Å². The largest absolute Gasteiger partial charge is 0.480 e. The van der Waals surface area contributed by atoms with Gasteiger partial charge in [-0.15, -0.1) is 0 Å². The van der Waals surface area contributed by atoms with Gasteiger partial charge in [0.2, 0.25) is 4.91 Å². The first-order chi connectivity index (χ1) is 5.22. The third kappa shape index (κ3) is 4.19. The Balaban J connectivity index is 0.000000292. The molecule has 1 aliphatic heterocycles. The standard InChI is InChI=1S/C5H9NO2.H2N3/c7-5(8)4-2-1-3-6-4;1-3-2/h4,6H,1-3H2,(H,7,8);1-2H/q;+1/t4-;/m0./s1. The minimum Gasteiger partial charge on any atom is -0.480 e. The zero-order valence-electron chi connectivity index (χ0n) is 6.00. The molecular weight excluding hydrogens is 148 g/mol. The summed E-state index contributed by atoms with van der Waals surface area (Å²) in [5.74, 6) is -0.720. The summed E-state index contributed by atoms with van der Waals surface area (Å²) >= 11 is 0. The molecule has 62 valence electrons. The lowest BCUT2D eigenvalue weighted by molar-refractivity contribution is -0.139. The lowest BCUT2D eigenvalue weighted by atomic mass is 10.2. The molecule has 0 radical (unpaired) electrons. The Bertz CT molecular complexity index is 158. The highest BCUT2D eigenvalue weighted by Crippen LogP contribution is 2.03. The van der Waals surface area contributed by atoms with Gasteiger partial charge in [-0.2, -0.15) is 0 Å². The van der Waals surface area contributed by atoms with E-state index in [9.17, 15) is 4.79 Å². The molecule has 1 aliphatic rings. The highest BCUT2D eigenvalue weighted by molar-refractivity contribution is 5.73. The van der Waals surface area contributed by atoms with E-state index in [1.165, 1.54) is 0 Å². The molecule has 11 heavy (non-hydrogen) atoms. The van der Waals surface area contributed by atoms with Crippen molar-refractivity contribution in [2.45, 2.75) is 18.9 Å². The second-order valence-electron chi connectivity index (χ2n) is 2.10. The van der Waals surface area contributed by atoms with Crippen molar-refractivity contribution >= 4 is 5.97 Å². The summed E-state index contributed by atoms with van der Waals surface area (Å²) in [6.07, 6.45) is 1.78. The van der Waals surface area contributed by atoms with E-state index in [1.54, 1.807) is 0 Å². The topological polar surface area (TPSA) is 111 Å². The smallest absolute Gasteiger partial charge is 0.320 e. The highest BCUT2D eigenvalue weighted by Gasteiger charge is 2.20. The van der Waals surface area contributed by atoms with Crippen molar-refractivity contribution < 1.29 is 9.90 Å². The van der Waals surface area contributed by atoms with Crippen LogP contribution in [0.5, 0.6) is 0 Å². The Morgan fingerprint density at radius 1 is 1.64 bits per heavy atom. The van der Waals surface area contributed by atoms with Crippen LogP contribution in [-0.2, 0) is 4.79 Å². The second-order valence-corrected chi connectivity index (χ2v) is 2.10. The Hall–Kier alpha value is -1.26. The molecule has 1 atom stereocenters. The van der Waals surface area contributed by atoms with Gasteiger partial charge < -0.3 is 10.4 Å². The van der Waals surface area contributed by atoms with Crippen LogP contribution in [-0.4, -0.2) is 23.7 Å². The van der Waals surface area contributed by atoms with Crippen molar-refractivity contribution in [3.63, 3.8) is 0 Å². The van der Waals surface area contributed by atoms with E-state index in [-0.39, 0.29) is 6.04 Å². The first kappa shape index (κ1) is 9.74. The number of nitrogens with one attached hydrogen (secondary N) is 3. The fraction of sp³-hybridized carbons (Fsp3) is 0.800. The van der Waals surface area contributed by atoms with Crippen molar-refractivity contribution in [1.82, 2.24) is 10.2 Å². The van der Waals surface area contributed by atoms with Crippen LogP contribution < -0.4 is 10.2 Å². The maximum atomic E-state index is 10.1. The molecule has 0 aromatic rings. The number of hydrogen-bond acceptors (Lipinski definition) is 4. The monoisotopic (exact) mass is 159 g/mol. The van der Waals surface area contributed by atoms with Crippen molar-refractivity contribution in [1.29, 1.82) is 11.1 Å². The van der Waals surface area contributed by atoms with Crippen molar-refractivity contribution in [2.24, 2.45) is 0 Å². The van der Waals surface area contributed by atoms with Gasteiger partial charge >= 0.3 is 5.97 Å². The number of carboxylic acids is 1. The predicted molar refractivity (Wildman–Crippen MR) is 36.2 cm³/mol. The summed E-state index contributed by atoms with van der Waals surface area (Å²) in [6.45, 7) is 0.858. The molecule has 6 heteroatoms. The summed E-state index contributed by atoms with van der Waals surface area (Å²) < 4.78 is 0. The third-order valence-electron chi connectivity index (χ3n) is 1.36. The molecule has 0 amide bonds. The maximum absolute atomic E-state index is 10.1. The Morgan fingerprint density at radius 3 is 2.36 bits per heavy atom. The summed E-state index contributed by atoms with van der Waals surface area (Å²) in [5, 5.41) is 11.2. The second kappa shape index (κ2) is 5.52. The molecule has 0 saturated carbocycles. The van der Waals surface area contributed by atoms with Crippen LogP contribution in [0.1, 0.15) is 12.8 Å². The minimum absolute atomic E-state index is 0.269. The Labute approximate surface area is 63.6 Å². The zero-order chi connectivity index (χ0) is 8.69. The highest BCUT2D eigenvalue weighted by atomic mass is 16.4. The minimum atomic E-state index is -0.720. The molecule has 6 nitrogen and oxygen atoms in total. The van der Waals surface area contributed by atoms with Gasteiger partial charge in [-0.1, -0.05) is 0 Å². The molecule has 1 saturated heterocycles. The molecule has 1 rings (SSSR count). The van der Waals surface area contributed by atoms with Crippen LogP contribution in [0.2, 0.25) is 0 Å². The van der Waals surface area contributed by atoms with E-state index in [4.69, 9.17) is 16.2 Å². The summed E-state index contributed by atoms with van der Waals surface area (Å²) in [4.78, 5) is 12.1. The molecule has 0 aliphatic carbocycles. The number of carbonyl (C=O) groups is 1. The number of carboxylic acid groups (broad SMARTS) is 1. The fourth-order valence-electron chi connectivity index (χ4n) is 0.895. The number of hydrogen-bond donors (Lipinski definition) is 4. The first-order valence-electron chi connectivity index (χ1n) is 3.21. The average molecular weight is 159 g/mol. The number of rotatable bonds is 1. The van der Waals surface area contributed by atoms with Gasteiger partial charge in [-0.3, -0.25) is 4.79 Å². The summed E-state index contributed by atoms with van der Waals surface area (Å²) in [6, 6.07) is -0.269. The van der Waals surface area contributed by atoms with Gasteiger partial charge in [0.05, 0.1) is 0 Å². The van der Waals surface area contributed by atoms with E-state index in [1.807, 2.05) is 4.91 Å². The molecule has 1 heterocycles. The third-order valence-corrected chi connectivity index (χ3v) is 1.36. The van der Waals surface area contributed by atoms with Crippen LogP contribution in [0.25, 0.3) is 0 Å². The quantitative estimate of drug-likeness (QED) is 0.317. The zero-order valence-corrected chi connectivity index (χ0v) is 6.00. The number of aliphatic carboxylic acids is 1. The normalized spacial score (nSPS) is 21.3. The van der Waals surface area contributed by atoms with Gasteiger partial charge in [-0.25, -0.2) is 0 Å². The van der Waals surface area contributed by atoms with Gasteiger partial charge in [0.1, 0.15) is 17.1 Å². The molecule has 0 bridgehead atoms. The molecule has 0 aromatic heterocycles. The Morgan fingerprint density at radius 2 is 2.18 bits per heavy atom. The predicted octanol–water partition coefficient (Wildman–Crippen LogP) is -0.0615. The maximum Gasteiger partial charge on any atom is 0.320 e. The lowest BCUT2D eigenvalue weighted by Crippen LogP contribution is -2.29. The number of nitrogens with zero attached hydrogens (tertiary/aromatic N) is 1. The molecule has 0 aromatic carbocycles. The van der Waals surface area contributed by atoms with Crippen LogP contribution in [0, 0.1) is 11.1 Å². The van der Waals surface area contributed by atoms with E-state index in [0.717, 1.165) is 19.4 Å². The average Bonchev–Trinajstić information content (AvgIpc) is 2.38. The van der Waals surface area contributed by atoms with Crippen molar-refractivity contribution in [2.75, 3.05) is 6.54 Å². The molecule has 0 spiro atoms. The van der Waals surface area contributed by atoms with Gasteiger partial charge in [-0.05, 0) is 19.4 Å². The van der Waals surface area contributed by atoms with Crippen LogP contribution in [0.3, 0.4) is 0 Å². The van der Waals surface area contributed by atoms with E-state index in [2.05, 4.69) is 5.32 Å². The van der Waals surface area contributed by atoms with Crippen LogP contribution in [0.4, 0.5) is 0 Å². The fourth-order valence-corrected chi connectivity index (χ4v) is 0.895. The summed E-state index contributed by atoms with van der Waals surface area (Å²) in [7, 11) is 0. The van der Waals surface area contributed by atoms with E-state index in [0.29, 0.717) is 0 Å². The summed E-state index contributed by atoms with van der Waals surface area (Å²) in [5.41, 5.74) is 11.0. The molecular formula is C5H11N4O2+. The van der Waals surface area contributed by atoms with Crippen molar-refractivity contribution in [3.8, 4) is 0 Å².